The van der Waals surface area contributed by atoms with Gasteiger partial charge < -0.3 is 0 Å². The summed E-state index contributed by atoms with van der Waals surface area (Å²) in [5.74, 6) is 0. The lowest BCUT2D eigenvalue weighted by atomic mass is 9.80. The Morgan fingerprint density at radius 1 is 0.429 bits per heavy atom. The van der Waals surface area contributed by atoms with Crippen molar-refractivity contribution in [3.63, 3.8) is 0 Å². The number of hydrogen-bond acceptors (Lipinski definition) is 2. The van der Waals surface area contributed by atoms with Gasteiger partial charge in [0.1, 0.15) is 0 Å². The fraction of sp³-hybridized carbons (Fsp3) is 0.0638. The number of rotatable bonds is 3. The molecule has 0 radical (unpaired) electrons. The zero-order valence-corrected chi connectivity index (χ0v) is 27.4. The Morgan fingerprint density at radius 2 is 1.10 bits per heavy atom. The van der Waals surface area contributed by atoms with Crippen molar-refractivity contribution in [3.8, 4) is 44.6 Å². The van der Waals surface area contributed by atoms with E-state index in [4.69, 9.17) is 9.97 Å². The van der Waals surface area contributed by atoms with Crippen molar-refractivity contribution < 1.29 is 0 Å². The second kappa shape index (κ2) is 10.4. The lowest BCUT2D eigenvalue weighted by Gasteiger charge is -2.23. The zero-order chi connectivity index (χ0) is 32.7. The van der Waals surface area contributed by atoms with Gasteiger partial charge in [0.25, 0.3) is 0 Å². The van der Waals surface area contributed by atoms with E-state index in [1.54, 1.807) is 0 Å². The van der Waals surface area contributed by atoms with Gasteiger partial charge in [-0.15, -0.1) is 0 Å². The first-order valence-corrected chi connectivity index (χ1v) is 17.0. The van der Waals surface area contributed by atoms with Crippen molar-refractivity contribution in [2.45, 2.75) is 19.3 Å². The van der Waals surface area contributed by atoms with E-state index in [1.165, 1.54) is 66.1 Å². The first kappa shape index (κ1) is 27.9. The molecule has 1 aliphatic carbocycles. The van der Waals surface area contributed by atoms with Gasteiger partial charge in [0, 0.05) is 27.9 Å². The van der Waals surface area contributed by atoms with Crippen LogP contribution < -0.4 is 0 Å². The molecule has 10 rings (SSSR count). The molecular formula is C47H32N2. The highest BCUT2D eigenvalue weighted by atomic mass is 14.8. The minimum Gasteiger partial charge on any atom is -0.254 e. The molecule has 49 heavy (non-hydrogen) atoms. The van der Waals surface area contributed by atoms with Crippen molar-refractivity contribution >= 4 is 43.4 Å². The van der Waals surface area contributed by atoms with E-state index in [-0.39, 0.29) is 5.41 Å². The predicted molar refractivity (Wildman–Crippen MR) is 206 cm³/mol. The fourth-order valence-corrected chi connectivity index (χ4v) is 8.30. The molecule has 0 saturated carbocycles. The first-order valence-electron chi connectivity index (χ1n) is 17.0. The Bertz CT molecular complexity index is 2790. The number of pyridine rings is 2. The molecular weight excluding hydrogens is 593 g/mol. The second-order valence-electron chi connectivity index (χ2n) is 13.8. The molecule has 0 bridgehead atoms. The summed E-state index contributed by atoms with van der Waals surface area (Å²) in [6.45, 7) is 4.72. The molecule has 2 nitrogen and oxygen atoms in total. The molecule has 1 aliphatic rings. The lowest BCUT2D eigenvalue weighted by molar-refractivity contribution is 0.660. The maximum Gasteiger partial charge on any atom is 0.0972 e. The third-order valence-electron chi connectivity index (χ3n) is 10.7. The van der Waals surface area contributed by atoms with Crippen LogP contribution in [0.1, 0.15) is 25.0 Å². The summed E-state index contributed by atoms with van der Waals surface area (Å²) in [6, 6.07) is 55.3. The molecule has 0 atom stereocenters. The molecule has 0 aliphatic heterocycles. The average molecular weight is 625 g/mol. The molecule has 0 spiro atoms. The van der Waals surface area contributed by atoms with Gasteiger partial charge in [-0.25, -0.2) is 4.98 Å². The van der Waals surface area contributed by atoms with Crippen LogP contribution in [0, 0.1) is 0 Å². The van der Waals surface area contributed by atoms with Gasteiger partial charge in [-0.3, -0.25) is 4.98 Å². The van der Waals surface area contributed by atoms with Gasteiger partial charge in [0.15, 0.2) is 0 Å². The Morgan fingerprint density at radius 3 is 1.96 bits per heavy atom. The predicted octanol–water partition coefficient (Wildman–Crippen LogP) is 12.4. The average Bonchev–Trinajstić information content (AvgIpc) is 3.39. The van der Waals surface area contributed by atoms with E-state index in [0.29, 0.717) is 0 Å². The SMILES string of the molecule is CC1(C)c2ccccc2-c2ccc(-c3c4ccccc4c(-c4ccc5ccc6cccnc6c5n4)c4ccc(-c5ccccc5)cc34)cc21. The molecule has 9 aromatic rings. The summed E-state index contributed by atoms with van der Waals surface area (Å²) >= 11 is 0. The highest BCUT2D eigenvalue weighted by Gasteiger charge is 2.35. The van der Waals surface area contributed by atoms with Gasteiger partial charge >= 0.3 is 0 Å². The van der Waals surface area contributed by atoms with Gasteiger partial charge in [-0.05, 0) is 90.3 Å². The number of nitrogens with zero attached hydrogens (tertiary/aromatic N) is 2. The van der Waals surface area contributed by atoms with Crippen LogP contribution in [-0.4, -0.2) is 9.97 Å². The molecule has 0 saturated heterocycles. The van der Waals surface area contributed by atoms with Crippen molar-refractivity contribution in [1.82, 2.24) is 9.97 Å². The smallest absolute Gasteiger partial charge is 0.0972 e. The molecule has 0 unspecified atom stereocenters. The number of hydrogen-bond donors (Lipinski definition) is 0. The molecule has 2 aromatic heterocycles. The minimum absolute atomic E-state index is 0.0888. The van der Waals surface area contributed by atoms with Crippen LogP contribution in [0.2, 0.25) is 0 Å². The standard InChI is InChI=1S/C47H32N2/c1-47(2)40-17-9-8-14-34(40)35-23-21-33(28-41(35)47)43-36-15-6-7-16-37(36)44(38-24-20-32(27-39(38)43)29-11-4-3-5-12-29)42-25-22-31-19-18-30-13-10-26-48-45(30)46(31)49-42/h3-28H,1-2H3. The van der Waals surface area contributed by atoms with E-state index in [9.17, 15) is 0 Å². The van der Waals surface area contributed by atoms with E-state index < -0.39 is 0 Å². The third-order valence-corrected chi connectivity index (χ3v) is 10.7. The van der Waals surface area contributed by atoms with Crippen molar-refractivity contribution in [2.75, 3.05) is 0 Å². The third kappa shape index (κ3) is 4.14. The summed E-state index contributed by atoms with van der Waals surface area (Å²) in [5.41, 5.74) is 14.2. The Balaban J connectivity index is 1.30. The molecule has 2 heterocycles. The summed E-state index contributed by atoms with van der Waals surface area (Å²) in [7, 11) is 0. The van der Waals surface area contributed by atoms with Crippen LogP contribution in [-0.2, 0) is 5.41 Å². The second-order valence-corrected chi connectivity index (χ2v) is 13.8. The van der Waals surface area contributed by atoms with Crippen LogP contribution in [0.15, 0.2) is 158 Å². The van der Waals surface area contributed by atoms with Crippen LogP contribution >= 0.6 is 0 Å². The van der Waals surface area contributed by atoms with Crippen LogP contribution in [0.3, 0.4) is 0 Å². The fourth-order valence-electron chi connectivity index (χ4n) is 8.30. The van der Waals surface area contributed by atoms with Crippen molar-refractivity contribution in [1.29, 1.82) is 0 Å². The lowest BCUT2D eigenvalue weighted by Crippen LogP contribution is -2.14. The highest BCUT2D eigenvalue weighted by molar-refractivity contribution is 6.22. The molecule has 0 amide bonds. The van der Waals surface area contributed by atoms with Gasteiger partial charge in [0.05, 0.1) is 16.7 Å². The van der Waals surface area contributed by atoms with Crippen LogP contribution in [0.5, 0.6) is 0 Å². The number of fused-ring (bicyclic) bond motifs is 8. The van der Waals surface area contributed by atoms with E-state index in [0.717, 1.165) is 33.1 Å². The summed E-state index contributed by atoms with van der Waals surface area (Å²) in [5, 5.41) is 7.02. The maximum atomic E-state index is 5.38. The summed E-state index contributed by atoms with van der Waals surface area (Å²) in [6.07, 6.45) is 1.86. The quantitative estimate of drug-likeness (QED) is 0.144. The van der Waals surface area contributed by atoms with Gasteiger partial charge in [-0.2, -0.15) is 0 Å². The molecule has 230 valence electrons. The Hall–Kier alpha value is -6.12. The Kier molecular flexibility index (Phi) is 5.95. The van der Waals surface area contributed by atoms with Crippen molar-refractivity contribution in [3.05, 3.63) is 169 Å². The van der Waals surface area contributed by atoms with E-state index >= 15 is 0 Å². The molecule has 0 fully saturated rings. The summed E-state index contributed by atoms with van der Waals surface area (Å²) < 4.78 is 0. The largest absolute Gasteiger partial charge is 0.254 e. The van der Waals surface area contributed by atoms with Crippen LogP contribution in [0.25, 0.3) is 88.0 Å². The zero-order valence-electron chi connectivity index (χ0n) is 27.4. The van der Waals surface area contributed by atoms with Crippen LogP contribution in [0.4, 0.5) is 0 Å². The van der Waals surface area contributed by atoms with E-state index in [1.807, 2.05) is 12.3 Å². The number of aromatic nitrogens is 2. The van der Waals surface area contributed by atoms with Gasteiger partial charge in [-0.1, -0.05) is 141 Å². The topological polar surface area (TPSA) is 25.8 Å². The highest BCUT2D eigenvalue weighted by Crippen LogP contribution is 2.51. The first-order chi connectivity index (χ1) is 24.1. The van der Waals surface area contributed by atoms with Gasteiger partial charge in [0.2, 0.25) is 0 Å². The van der Waals surface area contributed by atoms with E-state index in [2.05, 4.69) is 159 Å². The minimum atomic E-state index is -0.0888. The Labute approximate surface area is 285 Å². The molecule has 0 N–H and O–H groups in total. The summed E-state index contributed by atoms with van der Waals surface area (Å²) in [4.78, 5) is 10.1. The van der Waals surface area contributed by atoms with Crippen molar-refractivity contribution in [2.24, 2.45) is 0 Å². The maximum absolute atomic E-state index is 5.38. The number of benzene rings is 7. The molecule has 2 heteroatoms. The monoisotopic (exact) mass is 624 g/mol. The normalized spacial score (nSPS) is 13.3. The molecule has 7 aromatic carbocycles.